The number of aromatic hydroxyl groups is 2. The monoisotopic (exact) mass is 271 g/mol. The van der Waals surface area contributed by atoms with E-state index < -0.39 is 0 Å². The molecule has 2 aromatic rings. The van der Waals surface area contributed by atoms with E-state index in [1.54, 1.807) is 6.07 Å². The molecule has 3 N–H and O–H groups in total. The van der Waals surface area contributed by atoms with Crippen molar-refractivity contribution in [1.29, 1.82) is 0 Å². The molecule has 0 aliphatic carbocycles. The molecule has 0 saturated heterocycles. The fourth-order valence-electron chi connectivity index (χ4n) is 1.98. The highest BCUT2D eigenvalue weighted by atomic mass is 16.3. The fraction of sp³-hybridized carbons (Fsp3) is 0.188. The lowest BCUT2D eigenvalue weighted by Crippen LogP contribution is -2.28. The van der Waals surface area contributed by atoms with Gasteiger partial charge in [0.2, 0.25) is 5.91 Å². The first-order chi connectivity index (χ1) is 9.56. The van der Waals surface area contributed by atoms with Crippen molar-refractivity contribution >= 4 is 5.91 Å². The zero-order valence-electron chi connectivity index (χ0n) is 11.2. The van der Waals surface area contributed by atoms with Gasteiger partial charge < -0.3 is 15.5 Å². The lowest BCUT2D eigenvalue weighted by molar-refractivity contribution is -0.121. The third-order valence-corrected chi connectivity index (χ3v) is 3.08. The fourth-order valence-corrected chi connectivity index (χ4v) is 1.98. The normalized spacial score (nSPS) is 11.8. The first-order valence-corrected chi connectivity index (χ1v) is 6.41. The Bertz CT molecular complexity index is 596. The number of hydrogen-bond acceptors (Lipinski definition) is 3. The second kappa shape index (κ2) is 6.10. The van der Waals surface area contributed by atoms with Crippen molar-refractivity contribution in [2.45, 2.75) is 19.4 Å². The van der Waals surface area contributed by atoms with E-state index in [0.717, 1.165) is 5.56 Å². The number of phenols is 2. The number of amides is 1. The summed E-state index contributed by atoms with van der Waals surface area (Å²) >= 11 is 0. The quantitative estimate of drug-likeness (QED) is 0.748. The van der Waals surface area contributed by atoms with Crippen LogP contribution in [0.1, 0.15) is 24.1 Å². The van der Waals surface area contributed by atoms with E-state index in [2.05, 4.69) is 5.32 Å². The van der Waals surface area contributed by atoms with Crippen molar-refractivity contribution < 1.29 is 15.0 Å². The van der Waals surface area contributed by atoms with E-state index in [0.29, 0.717) is 5.56 Å². The van der Waals surface area contributed by atoms with Crippen molar-refractivity contribution in [2.24, 2.45) is 0 Å². The molecule has 0 spiro atoms. The molecule has 0 radical (unpaired) electrons. The van der Waals surface area contributed by atoms with Gasteiger partial charge in [-0.05, 0) is 30.2 Å². The Morgan fingerprint density at radius 3 is 2.45 bits per heavy atom. The lowest BCUT2D eigenvalue weighted by atomic mass is 10.1. The molecule has 1 unspecified atom stereocenters. The van der Waals surface area contributed by atoms with Crippen LogP contribution in [0.2, 0.25) is 0 Å². The molecule has 0 fully saturated rings. The van der Waals surface area contributed by atoms with Crippen molar-refractivity contribution in [3.63, 3.8) is 0 Å². The Hall–Kier alpha value is -2.49. The Morgan fingerprint density at radius 1 is 1.10 bits per heavy atom. The molecule has 2 aromatic carbocycles. The largest absolute Gasteiger partial charge is 0.504 e. The maximum atomic E-state index is 11.9. The Morgan fingerprint density at radius 2 is 1.80 bits per heavy atom. The number of carbonyl (C=O) groups excluding carboxylic acids is 1. The summed E-state index contributed by atoms with van der Waals surface area (Å²) in [6.07, 6.45) is 0.158. The first-order valence-electron chi connectivity index (χ1n) is 6.41. The van der Waals surface area contributed by atoms with Crippen molar-refractivity contribution in [3.8, 4) is 11.5 Å². The minimum atomic E-state index is -0.216. The van der Waals surface area contributed by atoms with E-state index in [4.69, 9.17) is 0 Å². The first kappa shape index (κ1) is 13.9. The number of hydrogen-bond donors (Lipinski definition) is 3. The molecule has 4 nitrogen and oxygen atoms in total. The predicted molar refractivity (Wildman–Crippen MR) is 76.5 cm³/mol. The summed E-state index contributed by atoms with van der Waals surface area (Å²) in [5.74, 6) is -0.537. The lowest BCUT2D eigenvalue weighted by Gasteiger charge is -2.14. The molecule has 0 aliphatic heterocycles. The van der Waals surface area contributed by atoms with E-state index in [1.807, 2.05) is 37.3 Å². The predicted octanol–water partition coefficient (Wildman–Crippen LogP) is 2.52. The van der Waals surface area contributed by atoms with Crippen LogP contribution >= 0.6 is 0 Å². The van der Waals surface area contributed by atoms with E-state index in [9.17, 15) is 15.0 Å². The highest BCUT2D eigenvalue weighted by molar-refractivity contribution is 5.79. The smallest absolute Gasteiger partial charge is 0.224 e. The van der Waals surface area contributed by atoms with Crippen LogP contribution in [0.3, 0.4) is 0 Å². The molecule has 0 heterocycles. The van der Waals surface area contributed by atoms with Gasteiger partial charge in [0.25, 0.3) is 0 Å². The molecule has 0 aromatic heterocycles. The number of benzene rings is 2. The number of phenolic OH excluding ortho intramolecular Hbond substituents is 2. The minimum absolute atomic E-state index is 0.0746. The number of carbonyl (C=O) groups is 1. The van der Waals surface area contributed by atoms with Crippen molar-refractivity contribution in [3.05, 3.63) is 59.7 Å². The third kappa shape index (κ3) is 3.51. The molecule has 20 heavy (non-hydrogen) atoms. The van der Waals surface area contributed by atoms with Gasteiger partial charge in [0, 0.05) is 0 Å². The molecular formula is C16H17NO3. The molecule has 2 rings (SSSR count). The van der Waals surface area contributed by atoms with Gasteiger partial charge in [-0.25, -0.2) is 0 Å². The minimum Gasteiger partial charge on any atom is -0.504 e. The highest BCUT2D eigenvalue weighted by Gasteiger charge is 2.10. The Kier molecular flexibility index (Phi) is 4.25. The number of nitrogens with one attached hydrogen (secondary N) is 1. The van der Waals surface area contributed by atoms with Crippen LogP contribution in [0.5, 0.6) is 11.5 Å². The summed E-state index contributed by atoms with van der Waals surface area (Å²) in [5, 5.41) is 21.5. The van der Waals surface area contributed by atoms with Gasteiger partial charge in [-0.3, -0.25) is 4.79 Å². The van der Waals surface area contributed by atoms with E-state index >= 15 is 0 Å². The zero-order valence-corrected chi connectivity index (χ0v) is 11.2. The molecule has 0 aliphatic rings. The molecule has 104 valence electrons. The van der Waals surface area contributed by atoms with Crippen LogP contribution in [0.25, 0.3) is 0 Å². The third-order valence-electron chi connectivity index (χ3n) is 3.08. The number of rotatable bonds is 4. The second-order valence-electron chi connectivity index (χ2n) is 4.70. The van der Waals surface area contributed by atoms with Crippen LogP contribution in [-0.2, 0) is 11.2 Å². The van der Waals surface area contributed by atoms with E-state index in [-0.39, 0.29) is 29.9 Å². The van der Waals surface area contributed by atoms with Crippen LogP contribution in [-0.4, -0.2) is 16.1 Å². The molecule has 1 atom stereocenters. The topological polar surface area (TPSA) is 69.6 Å². The molecule has 0 bridgehead atoms. The Balaban J connectivity index is 1.97. The second-order valence-corrected chi connectivity index (χ2v) is 4.70. The summed E-state index contributed by atoms with van der Waals surface area (Å²) in [5.41, 5.74) is 1.69. The average molecular weight is 271 g/mol. The molecule has 0 saturated carbocycles. The van der Waals surface area contributed by atoms with Crippen LogP contribution in [0.4, 0.5) is 0 Å². The Labute approximate surface area is 117 Å². The zero-order chi connectivity index (χ0) is 14.5. The van der Waals surface area contributed by atoms with Gasteiger partial charge in [-0.15, -0.1) is 0 Å². The van der Waals surface area contributed by atoms with Gasteiger partial charge >= 0.3 is 0 Å². The van der Waals surface area contributed by atoms with Crippen LogP contribution in [0.15, 0.2) is 48.5 Å². The molecular weight excluding hydrogens is 254 g/mol. The summed E-state index contributed by atoms with van der Waals surface area (Å²) < 4.78 is 0. The van der Waals surface area contributed by atoms with Crippen molar-refractivity contribution in [2.75, 3.05) is 0 Å². The maximum Gasteiger partial charge on any atom is 0.224 e. The molecule has 1 amide bonds. The maximum absolute atomic E-state index is 11.9. The standard InChI is InChI=1S/C16H17NO3/c1-11(13-5-3-2-4-6-13)17-16(20)10-12-7-8-14(18)15(19)9-12/h2-9,11,18-19H,10H2,1H3,(H,17,20). The van der Waals surface area contributed by atoms with Gasteiger partial charge in [0.05, 0.1) is 12.5 Å². The van der Waals surface area contributed by atoms with Gasteiger partial charge in [0.1, 0.15) is 0 Å². The summed E-state index contributed by atoms with van der Waals surface area (Å²) in [6.45, 7) is 1.92. The van der Waals surface area contributed by atoms with E-state index in [1.165, 1.54) is 12.1 Å². The van der Waals surface area contributed by atoms with Crippen LogP contribution < -0.4 is 5.32 Å². The summed E-state index contributed by atoms with van der Waals surface area (Å²) in [4.78, 5) is 11.9. The van der Waals surface area contributed by atoms with Crippen LogP contribution in [0, 0.1) is 0 Å². The van der Waals surface area contributed by atoms with Crippen molar-refractivity contribution in [1.82, 2.24) is 5.32 Å². The van der Waals surface area contributed by atoms with Gasteiger partial charge in [-0.1, -0.05) is 36.4 Å². The average Bonchev–Trinajstić information content (AvgIpc) is 2.44. The van der Waals surface area contributed by atoms with Gasteiger partial charge in [0.15, 0.2) is 11.5 Å². The molecule has 4 heteroatoms. The summed E-state index contributed by atoms with van der Waals surface area (Å²) in [7, 11) is 0. The SMILES string of the molecule is CC(NC(=O)Cc1ccc(O)c(O)c1)c1ccccc1. The summed E-state index contributed by atoms with van der Waals surface area (Å²) in [6, 6.07) is 14.0. The highest BCUT2D eigenvalue weighted by Crippen LogP contribution is 2.25. The van der Waals surface area contributed by atoms with Gasteiger partial charge in [-0.2, -0.15) is 0 Å².